The summed E-state index contributed by atoms with van der Waals surface area (Å²) in [6.45, 7) is 2.20. The van der Waals surface area contributed by atoms with Gasteiger partial charge in [-0.15, -0.1) is 0 Å². The van der Waals surface area contributed by atoms with Gasteiger partial charge in [0.2, 0.25) is 5.91 Å². The maximum Gasteiger partial charge on any atom is 0.252 e. The Bertz CT molecular complexity index is 973. The molecule has 2 amide bonds. The minimum absolute atomic E-state index is 0.0580. The Kier molecular flexibility index (Phi) is 6.61. The van der Waals surface area contributed by atoms with Crippen LogP contribution in [-0.4, -0.2) is 45.1 Å². The van der Waals surface area contributed by atoms with Crippen molar-refractivity contribution in [1.29, 1.82) is 0 Å². The lowest BCUT2D eigenvalue weighted by Crippen LogP contribution is -2.33. The standard InChI is InChI=1S/C21H22ClN5O2/c1-15(16-7-9-17(10-8-16)27-14-23-13-25-27)26(2)20(28)11-12-24-21(29)18-5-3-4-6-19(18)22/h3-10,13-15H,11-12H2,1-2H3,(H,24,29)/t15-/m1/s1. The first-order chi connectivity index (χ1) is 14.0. The Hall–Kier alpha value is -3.19. The molecule has 1 aromatic heterocycles. The third-order valence-electron chi connectivity index (χ3n) is 4.78. The van der Waals surface area contributed by atoms with Crippen molar-refractivity contribution in [3.63, 3.8) is 0 Å². The highest BCUT2D eigenvalue weighted by atomic mass is 35.5. The van der Waals surface area contributed by atoms with Gasteiger partial charge < -0.3 is 10.2 Å². The maximum absolute atomic E-state index is 12.5. The lowest BCUT2D eigenvalue weighted by atomic mass is 10.1. The van der Waals surface area contributed by atoms with Crippen molar-refractivity contribution in [2.75, 3.05) is 13.6 Å². The predicted molar refractivity (Wildman–Crippen MR) is 111 cm³/mol. The van der Waals surface area contributed by atoms with E-state index in [1.807, 2.05) is 31.2 Å². The Morgan fingerprint density at radius 1 is 1.17 bits per heavy atom. The smallest absolute Gasteiger partial charge is 0.252 e. The van der Waals surface area contributed by atoms with E-state index in [2.05, 4.69) is 15.4 Å². The van der Waals surface area contributed by atoms with Crippen LogP contribution in [0.1, 0.15) is 35.3 Å². The van der Waals surface area contributed by atoms with Crippen LogP contribution in [0.2, 0.25) is 5.02 Å². The van der Waals surface area contributed by atoms with Gasteiger partial charge in [-0.2, -0.15) is 5.10 Å². The van der Waals surface area contributed by atoms with E-state index in [1.54, 1.807) is 47.2 Å². The highest BCUT2D eigenvalue weighted by Crippen LogP contribution is 2.21. The minimum Gasteiger partial charge on any atom is -0.351 e. The molecule has 0 aliphatic rings. The molecule has 0 radical (unpaired) electrons. The zero-order chi connectivity index (χ0) is 20.8. The lowest BCUT2D eigenvalue weighted by Gasteiger charge is -2.25. The molecule has 3 aromatic rings. The van der Waals surface area contributed by atoms with Gasteiger partial charge in [0.25, 0.3) is 5.91 Å². The van der Waals surface area contributed by atoms with E-state index in [1.165, 1.54) is 6.33 Å². The first-order valence-electron chi connectivity index (χ1n) is 9.20. The summed E-state index contributed by atoms with van der Waals surface area (Å²) in [6, 6.07) is 14.5. The number of aromatic nitrogens is 3. The number of halogens is 1. The Morgan fingerprint density at radius 3 is 2.55 bits per heavy atom. The summed E-state index contributed by atoms with van der Waals surface area (Å²) in [7, 11) is 1.76. The number of rotatable bonds is 7. The molecular weight excluding hydrogens is 390 g/mol. The van der Waals surface area contributed by atoms with E-state index in [9.17, 15) is 9.59 Å². The van der Waals surface area contributed by atoms with Gasteiger partial charge in [-0.05, 0) is 36.8 Å². The predicted octanol–water partition coefficient (Wildman–Crippen LogP) is 3.26. The fourth-order valence-corrected chi connectivity index (χ4v) is 3.11. The van der Waals surface area contributed by atoms with Gasteiger partial charge in [0, 0.05) is 20.0 Å². The molecule has 1 N–H and O–H groups in total. The lowest BCUT2D eigenvalue weighted by molar-refractivity contribution is -0.131. The van der Waals surface area contributed by atoms with Gasteiger partial charge in [0.15, 0.2) is 0 Å². The first-order valence-corrected chi connectivity index (χ1v) is 9.58. The summed E-state index contributed by atoms with van der Waals surface area (Å²) >= 11 is 6.02. The normalized spacial score (nSPS) is 11.7. The van der Waals surface area contributed by atoms with Crippen LogP contribution in [0.25, 0.3) is 5.69 Å². The number of nitrogens with zero attached hydrogens (tertiary/aromatic N) is 4. The van der Waals surface area contributed by atoms with Crippen molar-refractivity contribution in [2.45, 2.75) is 19.4 Å². The number of amides is 2. The van der Waals surface area contributed by atoms with E-state index in [-0.39, 0.29) is 30.8 Å². The van der Waals surface area contributed by atoms with Crippen LogP contribution >= 0.6 is 11.6 Å². The summed E-state index contributed by atoms with van der Waals surface area (Å²) in [6.07, 6.45) is 3.31. The molecule has 0 aliphatic carbocycles. The van der Waals surface area contributed by atoms with Crippen molar-refractivity contribution >= 4 is 23.4 Å². The second-order valence-corrected chi connectivity index (χ2v) is 7.01. The van der Waals surface area contributed by atoms with Crippen molar-refractivity contribution in [3.8, 4) is 5.69 Å². The van der Waals surface area contributed by atoms with Crippen molar-refractivity contribution < 1.29 is 9.59 Å². The number of nitrogens with one attached hydrogen (secondary N) is 1. The van der Waals surface area contributed by atoms with E-state index >= 15 is 0 Å². The van der Waals surface area contributed by atoms with Gasteiger partial charge >= 0.3 is 0 Å². The third kappa shape index (κ3) is 5.00. The average molecular weight is 412 g/mol. The van der Waals surface area contributed by atoms with Crippen molar-refractivity contribution in [2.24, 2.45) is 0 Å². The molecule has 0 saturated heterocycles. The van der Waals surface area contributed by atoms with Gasteiger partial charge in [-0.1, -0.05) is 35.9 Å². The summed E-state index contributed by atoms with van der Waals surface area (Å²) in [5.41, 5.74) is 2.30. The monoisotopic (exact) mass is 411 g/mol. The van der Waals surface area contributed by atoms with Crippen LogP contribution in [0.15, 0.2) is 61.2 Å². The van der Waals surface area contributed by atoms with Gasteiger partial charge in [-0.3, -0.25) is 9.59 Å². The molecule has 8 heteroatoms. The maximum atomic E-state index is 12.5. The first kappa shape index (κ1) is 20.5. The van der Waals surface area contributed by atoms with Gasteiger partial charge in [0.05, 0.1) is 22.3 Å². The zero-order valence-electron chi connectivity index (χ0n) is 16.2. The Balaban J connectivity index is 1.53. The fraction of sp³-hybridized carbons (Fsp3) is 0.238. The molecular formula is C21H22ClN5O2. The third-order valence-corrected chi connectivity index (χ3v) is 5.11. The molecule has 3 rings (SSSR count). The molecule has 0 fully saturated rings. The van der Waals surface area contributed by atoms with Crippen LogP contribution in [0.5, 0.6) is 0 Å². The molecule has 0 aliphatic heterocycles. The van der Waals surface area contributed by atoms with E-state index < -0.39 is 0 Å². The van der Waals surface area contributed by atoms with E-state index in [4.69, 9.17) is 11.6 Å². The quantitative estimate of drug-likeness (QED) is 0.647. The molecule has 0 bridgehead atoms. The molecule has 2 aromatic carbocycles. The molecule has 29 heavy (non-hydrogen) atoms. The van der Waals surface area contributed by atoms with Crippen LogP contribution in [-0.2, 0) is 4.79 Å². The summed E-state index contributed by atoms with van der Waals surface area (Å²) in [5, 5.41) is 7.22. The highest BCUT2D eigenvalue weighted by Gasteiger charge is 2.18. The molecule has 1 atom stereocenters. The largest absolute Gasteiger partial charge is 0.351 e. The van der Waals surface area contributed by atoms with Gasteiger partial charge in [-0.25, -0.2) is 9.67 Å². The minimum atomic E-state index is -0.289. The number of hydrogen-bond donors (Lipinski definition) is 1. The van der Waals surface area contributed by atoms with Crippen molar-refractivity contribution in [1.82, 2.24) is 25.0 Å². The van der Waals surface area contributed by atoms with Crippen LogP contribution in [0, 0.1) is 0 Å². The average Bonchev–Trinajstić information content (AvgIpc) is 3.28. The molecule has 150 valence electrons. The highest BCUT2D eigenvalue weighted by molar-refractivity contribution is 6.33. The molecule has 0 saturated carbocycles. The summed E-state index contributed by atoms with van der Waals surface area (Å²) in [4.78, 5) is 30.3. The van der Waals surface area contributed by atoms with Crippen LogP contribution in [0.3, 0.4) is 0 Å². The number of hydrogen-bond acceptors (Lipinski definition) is 4. The van der Waals surface area contributed by atoms with E-state index in [0.717, 1.165) is 11.3 Å². The van der Waals surface area contributed by atoms with Crippen LogP contribution in [0.4, 0.5) is 0 Å². The zero-order valence-corrected chi connectivity index (χ0v) is 17.0. The second-order valence-electron chi connectivity index (χ2n) is 6.60. The number of carbonyl (C=O) groups excluding carboxylic acids is 2. The molecule has 7 nitrogen and oxygen atoms in total. The topological polar surface area (TPSA) is 80.1 Å². The summed E-state index contributed by atoms with van der Waals surface area (Å²) in [5.74, 6) is -0.347. The molecule has 0 unspecified atom stereocenters. The Labute approximate surface area is 174 Å². The van der Waals surface area contributed by atoms with Crippen molar-refractivity contribution in [3.05, 3.63) is 77.3 Å². The fourth-order valence-electron chi connectivity index (χ4n) is 2.89. The van der Waals surface area contributed by atoms with E-state index in [0.29, 0.717) is 10.6 Å². The second kappa shape index (κ2) is 9.34. The summed E-state index contributed by atoms with van der Waals surface area (Å²) < 4.78 is 1.67. The Morgan fingerprint density at radius 2 is 1.90 bits per heavy atom. The number of carbonyl (C=O) groups is 2. The van der Waals surface area contributed by atoms with Gasteiger partial charge in [0.1, 0.15) is 12.7 Å². The molecule has 0 spiro atoms. The number of benzene rings is 2. The SMILES string of the molecule is C[C@H](c1ccc(-n2cncn2)cc1)N(C)C(=O)CCNC(=O)c1ccccc1Cl. The molecule has 1 heterocycles. The van der Waals surface area contributed by atoms with Crippen LogP contribution < -0.4 is 5.32 Å².